The maximum atomic E-state index is 12.7. The number of sulfonamides is 1. The molecule has 1 aliphatic heterocycles. The molecule has 1 saturated heterocycles. The average molecular weight is 296 g/mol. The lowest BCUT2D eigenvalue weighted by molar-refractivity contribution is 0.316. The molecule has 112 valence electrons. The van der Waals surface area contributed by atoms with Crippen molar-refractivity contribution in [3.05, 3.63) is 29.8 Å². The van der Waals surface area contributed by atoms with Crippen LogP contribution in [0.25, 0.3) is 0 Å². The maximum absolute atomic E-state index is 12.7. The molecule has 0 aliphatic carbocycles. The highest BCUT2D eigenvalue weighted by atomic mass is 32.2. The molecule has 2 atom stereocenters. The second-order valence-electron chi connectivity index (χ2n) is 5.93. The second-order valence-corrected chi connectivity index (χ2v) is 7.82. The van der Waals surface area contributed by atoms with Crippen LogP contribution in [0.3, 0.4) is 0 Å². The van der Waals surface area contributed by atoms with Gasteiger partial charge in [0.2, 0.25) is 10.0 Å². The fraction of sp³-hybridized carbons (Fsp3) is 0.600. The molecule has 1 heterocycles. The summed E-state index contributed by atoms with van der Waals surface area (Å²) in [6.45, 7) is 6.68. The lowest BCUT2D eigenvalue weighted by Crippen LogP contribution is -2.38. The minimum absolute atomic E-state index is 0.0815. The van der Waals surface area contributed by atoms with Crippen LogP contribution in [0.2, 0.25) is 0 Å². The van der Waals surface area contributed by atoms with Crippen LogP contribution in [-0.4, -0.2) is 25.3 Å². The van der Waals surface area contributed by atoms with Gasteiger partial charge in [-0.2, -0.15) is 4.31 Å². The highest BCUT2D eigenvalue weighted by molar-refractivity contribution is 7.89. The molecule has 4 nitrogen and oxygen atoms in total. The van der Waals surface area contributed by atoms with Gasteiger partial charge < -0.3 is 5.73 Å². The van der Waals surface area contributed by atoms with E-state index in [1.54, 1.807) is 28.6 Å². The van der Waals surface area contributed by atoms with Gasteiger partial charge in [-0.05, 0) is 43.4 Å². The Kier molecular flexibility index (Phi) is 4.52. The summed E-state index contributed by atoms with van der Waals surface area (Å²) < 4.78 is 27.1. The first-order valence-electron chi connectivity index (χ1n) is 7.21. The van der Waals surface area contributed by atoms with Crippen LogP contribution in [0.15, 0.2) is 29.2 Å². The first kappa shape index (κ1) is 15.5. The smallest absolute Gasteiger partial charge is 0.243 e. The van der Waals surface area contributed by atoms with Gasteiger partial charge in [-0.25, -0.2) is 8.42 Å². The largest absolute Gasteiger partial charge is 0.324 e. The van der Waals surface area contributed by atoms with Gasteiger partial charge in [0, 0.05) is 18.6 Å². The quantitative estimate of drug-likeness (QED) is 0.928. The number of hydrogen-bond donors (Lipinski definition) is 1. The summed E-state index contributed by atoms with van der Waals surface area (Å²) in [5, 5.41) is 0. The Bertz CT molecular complexity index is 550. The molecule has 2 N–H and O–H groups in total. The zero-order valence-corrected chi connectivity index (χ0v) is 13.2. The highest BCUT2D eigenvalue weighted by Crippen LogP contribution is 2.30. The predicted molar refractivity (Wildman–Crippen MR) is 80.8 cm³/mol. The molecule has 0 amide bonds. The van der Waals surface area contributed by atoms with E-state index in [4.69, 9.17) is 5.73 Å². The summed E-state index contributed by atoms with van der Waals surface area (Å²) >= 11 is 0. The molecule has 0 saturated carbocycles. The summed E-state index contributed by atoms with van der Waals surface area (Å²) in [7, 11) is -3.38. The summed E-state index contributed by atoms with van der Waals surface area (Å²) in [5.41, 5.74) is 6.75. The Labute approximate surface area is 122 Å². The molecule has 2 unspecified atom stereocenters. The van der Waals surface area contributed by atoms with Crippen LogP contribution in [-0.2, 0) is 10.0 Å². The second kappa shape index (κ2) is 5.84. The van der Waals surface area contributed by atoms with Crippen molar-refractivity contribution in [1.82, 2.24) is 4.31 Å². The van der Waals surface area contributed by atoms with Gasteiger partial charge in [-0.3, -0.25) is 0 Å². The lowest BCUT2D eigenvalue weighted by atomic mass is 10.0. The fourth-order valence-corrected chi connectivity index (χ4v) is 4.63. The molecule has 0 bridgehead atoms. The monoisotopic (exact) mass is 296 g/mol. The zero-order valence-electron chi connectivity index (χ0n) is 12.4. The minimum atomic E-state index is -3.38. The summed E-state index contributed by atoms with van der Waals surface area (Å²) in [6.07, 6.45) is 1.90. The van der Waals surface area contributed by atoms with Gasteiger partial charge in [-0.1, -0.05) is 26.0 Å². The van der Waals surface area contributed by atoms with Crippen molar-refractivity contribution in [3.8, 4) is 0 Å². The van der Waals surface area contributed by atoms with E-state index in [-0.39, 0.29) is 12.1 Å². The highest BCUT2D eigenvalue weighted by Gasteiger charge is 2.36. The van der Waals surface area contributed by atoms with Crippen molar-refractivity contribution in [1.29, 1.82) is 0 Å². The van der Waals surface area contributed by atoms with E-state index < -0.39 is 10.0 Å². The minimum Gasteiger partial charge on any atom is -0.324 e. The van der Waals surface area contributed by atoms with Crippen LogP contribution in [0.5, 0.6) is 0 Å². The molecule has 20 heavy (non-hydrogen) atoms. The Hall–Kier alpha value is -0.910. The van der Waals surface area contributed by atoms with Crippen LogP contribution < -0.4 is 5.73 Å². The molecule has 1 aromatic rings. The number of rotatable bonds is 4. The van der Waals surface area contributed by atoms with Crippen LogP contribution in [0.4, 0.5) is 0 Å². The fourth-order valence-electron chi connectivity index (χ4n) is 2.81. The van der Waals surface area contributed by atoms with Gasteiger partial charge in [0.25, 0.3) is 0 Å². The van der Waals surface area contributed by atoms with E-state index in [1.807, 2.05) is 6.92 Å². The molecule has 0 radical (unpaired) electrons. The molecular weight excluding hydrogens is 272 g/mol. The van der Waals surface area contributed by atoms with Gasteiger partial charge in [-0.15, -0.1) is 0 Å². The first-order valence-corrected chi connectivity index (χ1v) is 8.65. The maximum Gasteiger partial charge on any atom is 0.243 e. The number of nitrogens with zero attached hydrogens (tertiary/aromatic N) is 1. The van der Waals surface area contributed by atoms with Crippen molar-refractivity contribution in [2.24, 2.45) is 11.7 Å². The Morgan fingerprint density at radius 1 is 1.20 bits per heavy atom. The zero-order chi connectivity index (χ0) is 14.9. The normalized spacial score (nSPS) is 22.4. The van der Waals surface area contributed by atoms with Crippen LogP contribution in [0, 0.1) is 5.92 Å². The first-order chi connectivity index (χ1) is 9.34. The van der Waals surface area contributed by atoms with Crippen molar-refractivity contribution < 1.29 is 8.42 Å². The molecular formula is C15H24N2O2S. The summed E-state index contributed by atoms with van der Waals surface area (Å²) in [4.78, 5) is 0.370. The molecule has 1 fully saturated rings. The molecule has 5 heteroatoms. The van der Waals surface area contributed by atoms with E-state index in [1.165, 1.54) is 0 Å². The molecule has 2 rings (SSSR count). The third kappa shape index (κ3) is 2.90. The van der Waals surface area contributed by atoms with E-state index in [9.17, 15) is 8.42 Å². The molecule has 1 aromatic carbocycles. The average Bonchev–Trinajstić information content (AvgIpc) is 2.89. The van der Waals surface area contributed by atoms with E-state index in [0.29, 0.717) is 17.4 Å². The number of benzene rings is 1. The van der Waals surface area contributed by atoms with Gasteiger partial charge in [0.1, 0.15) is 0 Å². The Morgan fingerprint density at radius 2 is 1.80 bits per heavy atom. The topological polar surface area (TPSA) is 63.4 Å². The van der Waals surface area contributed by atoms with Gasteiger partial charge in [0.05, 0.1) is 4.90 Å². The number of nitrogens with two attached hydrogens (primary N) is 1. The van der Waals surface area contributed by atoms with Gasteiger partial charge in [0.15, 0.2) is 0 Å². The third-order valence-electron chi connectivity index (χ3n) is 4.03. The van der Waals surface area contributed by atoms with E-state index >= 15 is 0 Å². The van der Waals surface area contributed by atoms with Gasteiger partial charge >= 0.3 is 0 Å². The van der Waals surface area contributed by atoms with Crippen molar-refractivity contribution in [2.75, 3.05) is 6.54 Å². The molecule has 0 aromatic heterocycles. The number of hydrogen-bond acceptors (Lipinski definition) is 3. The Balaban J connectivity index is 2.30. The molecule has 0 spiro atoms. The standard InChI is InChI=1S/C15H24N2O2S/c1-11(2)15-5-4-10-17(15)20(18,19)14-8-6-13(7-9-14)12(3)16/h6-9,11-12,15H,4-5,10,16H2,1-3H3. The van der Waals surface area contributed by atoms with Crippen LogP contribution in [0.1, 0.15) is 45.2 Å². The lowest BCUT2D eigenvalue weighted by Gasteiger charge is -2.27. The van der Waals surface area contributed by atoms with Crippen molar-refractivity contribution in [2.45, 2.75) is 50.6 Å². The molecule has 1 aliphatic rings. The van der Waals surface area contributed by atoms with Crippen molar-refractivity contribution in [3.63, 3.8) is 0 Å². The SMILES string of the molecule is CC(N)c1ccc(S(=O)(=O)N2CCCC2C(C)C)cc1. The summed E-state index contributed by atoms with van der Waals surface area (Å²) in [6, 6.07) is 6.98. The van der Waals surface area contributed by atoms with E-state index in [2.05, 4.69) is 13.8 Å². The van der Waals surface area contributed by atoms with Crippen LogP contribution >= 0.6 is 0 Å². The van der Waals surface area contributed by atoms with E-state index in [0.717, 1.165) is 18.4 Å². The third-order valence-corrected chi connectivity index (χ3v) is 5.97. The summed E-state index contributed by atoms with van der Waals surface area (Å²) in [5.74, 6) is 0.343. The Morgan fingerprint density at radius 3 is 2.30 bits per heavy atom. The van der Waals surface area contributed by atoms with Crippen molar-refractivity contribution >= 4 is 10.0 Å². The predicted octanol–water partition coefficient (Wildman–Crippen LogP) is 2.52.